The molecule has 0 rings (SSSR count). The van der Waals surface area contributed by atoms with E-state index in [1.807, 2.05) is 0 Å². The van der Waals surface area contributed by atoms with Crippen LogP contribution < -0.4 is 5.32 Å². The largest absolute Gasteiger partial charge is 0.379 e. The van der Waals surface area contributed by atoms with Crippen molar-refractivity contribution in [1.29, 1.82) is 0 Å². The number of methoxy groups -OCH3 is 1. The van der Waals surface area contributed by atoms with Gasteiger partial charge in [0.05, 0.1) is 11.7 Å². The third-order valence-electron chi connectivity index (χ3n) is 2.41. The van der Waals surface area contributed by atoms with Crippen LogP contribution in [0.3, 0.4) is 0 Å². The highest BCUT2D eigenvalue weighted by atomic mass is 16.5. The molecule has 0 atom stereocenters. The van der Waals surface area contributed by atoms with E-state index in [0.29, 0.717) is 6.10 Å². The molecule has 0 unspecified atom stereocenters. The lowest BCUT2D eigenvalue weighted by Gasteiger charge is -2.22. The van der Waals surface area contributed by atoms with Gasteiger partial charge in [-0.3, -0.25) is 0 Å². The number of nitrogens with one attached hydrogen (secondary N) is 1. The summed E-state index contributed by atoms with van der Waals surface area (Å²) in [7, 11) is 1.76. The van der Waals surface area contributed by atoms with Gasteiger partial charge in [0.2, 0.25) is 0 Å². The highest BCUT2D eigenvalue weighted by Crippen LogP contribution is 2.11. The summed E-state index contributed by atoms with van der Waals surface area (Å²) in [6, 6.07) is 0. The van der Waals surface area contributed by atoms with Gasteiger partial charge in [0.25, 0.3) is 0 Å². The van der Waals surface area contributed by atoms with E-state index in [9.17, 15) is 0 Å². The van der Waals surface area contributed by atoms with Crippen LogP contribution in [0.4, 0.5) is 0 Å². The van der Waals surface area contributed by atoms with Crippen molar-refractivity contribution < 1.29 is 9.47 Å². The Kier molecular flexibility index (Phi) is 8.02. The van der Waals surface area contributed by atoms with Crippen LogP contribution in [0.15, 0.2) is 0 Å². The molecular weight excluding hydrogens is 190 g/mol. The molecule has 0 saturated carbocycles. The number of hydrogen-bond donors (Lipinski definition) is 1. The predicted molar refractivity (Wildman–Crippen MR) is 64.3 cm³/mol. The summed E-state index contributed by atoms with van der Waals surface area (Å²) in [4.78, 5) is 0. The maximum atomic E-state index is 5.45. The van der Waals surface area contributed by atoms with E-state index >= 15 is 0 Å². The Morgan fingerprint density at radius 2 is 1.87 bits per heavy atom. The van der Waals surface area contributed by atoms with Crippen LogP contribution in [0.2, 0.25) is 0 Å². The van der Waals surface area contributed by atoms with Gasteiger partial charge in [-0.25, -0.2) is 0 Å². The van der Waals surface area contributed by atoms with Gasteiger partial charge < -0.3 is 14.8 Å². The number of hydrogen-bond acceptors (Lipinski definition) is 3. The maximum Gasteiger partial charge on any atom is 0.0634 e. The zero-order chi connectivity index (χ0) is 11.7. The topological polar surface area (TPSA) is 30.5 Å². The summed E-state index contributed by atoms with van der Waals surface area (Å²) < 4.78 is 10.8. The molecule has 3 heteroatoms. The van der Waals surface area contributed by atoms with E-state index in [2.05, 4.69) is 33.0 Å². The Balaban J connectivity index is 3.18. The fourth-order valence-corrected chi connectivity index (χ4v) is 1.13. The molecule has 0 aromatic rings. The van der Waals surface area contributed by atoms with Crippen LogP contribution in [0.5, 0.6) is 0 Å². The van der Waals surface area contributed by atoms with Crippen molar-refractivity contribution in [3.63, 3.8) is 0 Å². The first kappa shape index (κ1) is 14.9. The second kappa shape index (κ2) is 8.08. The summed E-state index contributed by atoms with van der Waals surface area (Å²) in [5.41, 5.74) is -0.0125. The van der Waals surface area contributed by atoms with Gasteiger partial charge in [-0.05, 0) is 53.6 Å². The molecule has 1 N–H and O–H groups in total. The normalized spacial score (nSPS) is 12.4. The molecule has 3 nitrogen and oxygen atoms in total. The molecule has 92 valence electrons. The molecule has 0 amide bonds. The van der Waals surface area contributed by atoms with Crippen LogP contribution in [0.25, 0.3) is 0 Å². The average Bonchev–Trinajstić information content (AvgIpc) is 2.16. The average molecular weight is 217 g/mol. The summed E-state index contributed by atoms with van der Waals surface area (Å²) in [5, 5.41) is 3.39. The molecule has 15 heavy (non-hydrogen) atoms. The van der Waals surface area contributed by atoms with Crippen molar-refractivity contribution >= 4 is 0 Å². The molecule has 0 aromatic carbocycles. The quantitative estimate of drug-likeness (QED) is 0.601. The third kappa shape index (κ3) is 10.2. The van der Waals surface area contributed by atoms with E-state index in [0.717, 1.165) is 32.5 Å². The van der Waals surface area contributed by atoms with Gasteiger partial charge >= 0.3 is 0 Å². The van der Waals surface area contributed by atoms with Crippen molar-refractivity contribution in [3.8, 4) is 0 Å². The maximum absolute atomic E-state index is 5.45. The van der Waals surface area contributed by atoms with E-state index in [1.54, 1.807) is 7.11 Å². The van der Waals surface area contributed by atoms with E-state index in [1.165, 1.54) is 0 Å². The Morgan fingerprint density at radius 1 is 1.20 bits per heavy atom. The molecular formula is C12H27NO2. The van der Waals surface area contributed by atoms with E-state index in [4.69, 9.17) is 9.47 Å². The zero-order valence-electron chi connectivity index (χ0n) is 10.9. The highest BCUT2D eigenvalue weighted by molar-refractivity contribution is 4.68. The lowest BCUT2D eigenvalue weighted by atomic mass is 10.1. The van der Waals surface area contributed by atoms with Crippen LogP contribution in [-0.4, -0.2) is 38.5 Å². The van der Waals surface area contributed by atoms with Crippen molar-refractivity contribution in [2.24, 2.45) is 0 Å². The molecule has 0 bridgehead atoms. The van der Waals surface area contributed by atoms with Crippen LogP contribution >= 0.6 is 0 Å². The van der Waals surface area contributed by atoms with Crippen molar-refractivity contribution in [2.75, 3.05) is 26.8 Å². The molecule has 0 saturated heterocycles. The number of rotatable bonds is 9. The van der Waals surface area contributed by atoms with Crippen LogP contribution in [0, 0.1) is 0 Å². The monoisotopic (exact) mass is 217 g/mol. The second-order valence-electron chi connectivity index (χ2n) is 4.74. The summed E-state index contributed by atoms with van der Waals surface area (Å²) >= 11 is 0. The Bertz CT molecular complexity index is 147. The predicted octanol–water partition coefficient (Wildman–Crippen LogP) is 2.21. The standard InChI is InChI=1S/C12H27NO2/c1-11(2)15-10-6-8-13-9-7-12(3,4)14-5/h11,13H,6-10H2,1-5H3. The van der Waals surface area contributed by atoms with E-state index < -0.39 is 0 Å². The first-order valence-electron chi connectivity index (χ1n) is 5.85. The Labute approximate surface area is 94.5 Å². The molecule has 0 fully saturated rings. The lowest BCUT2D eigenvalue weighted by Crippen LogP contribution is -2.29. The molecule has 0 spiro atoms. The number of ether oxygens (including phenoxy) is 2. The minimum Gasteiger partial charge on any atom is -0.379 e. The molecule has 0 aliphatic carbocycles. The van der Waals surface area contributed by atoms with Crippen molar-refractivity contribution in [1.82, 2.24) is 5.32 Å². The highest BCUT2D eigenvalue weighted by Gasteiger charge is 2.14. The second-order valence-corrected chi connectivity index (χ2v) is 4.74. The van der Waals surface area contributed by atoms with Gasteiger partial charge in [-0.1, -0.05) is 0 Å². The van der Waals surface area contributed by atoms with Crippen molar-refractivity contribution in [2.45, 2.75) is 52.2 Å². The summed E-state index contributed by atoms with van der Waals surface area (Å²) in [6.45, 7) is 11.2. The molecule has 0 radical (unpaired) electrons. The molecule has 0 heterocycles. The molecule has 0 aliphatic heterocycles. The van der Waals surface area contributed by atoms with Gasteiger partial charge in [0.15, 0.2) is 0 Å². The van der Waals surface area contributed by atoms with Gasteiger partial charge in [0, 0.05) is 13.7 Å². The third-order valence-corrected chi connectivity index (χ3v) is 2.41. The lowest BCUT2D eigenvalue weighted by molar-refractivity contribution is 0.0157. The van der Waals surface area contributed by atoms with Crippen molar-refractivity contribution in [3.05, 3.63) is 0 Å². The smallest absolute Gasteiger partial charge is 0.0634 e. The summed E-state index contributed by atoms with van der Waals surface area (Å²) in [5.74, 6) is 0. The van der Waals surface area contributed by atoms with Crippen LogP contribution in [0.1, 0.15) is 40.5 Å². The minimum atomic E-state index is -0.0125. The van der Waals surface area contributed by atoms with Gasteiger partial charge in [-0.15, -0.1) is 0 Å². The van der Waals surface area contributed by atoms with E-state index in [-0.39, 0.29) is 5.60 Å². The Hall–Kier alpha value is -0.120. The fraction of sp³-hybridized carbons (Fsp3) is 1.00. The SMILES string of the molecule is COC(C)(C)CCNCCCOC(C)C. The molecule has 0 aliphatic rings. The zero-order valence-corrected chi connectivity index (χ0v) is 10.9. The van der Waals surface area contributed by atoms with Crippen LogP contribution in [-0.2, 0) is 9.47 Å². The first-order valence-corrected chi connectivity index (χ1v) is 5.85. The van der Waals surface area contributed by atoms with Gasteiger partial charge in [-0.2, -0.15) is 0 Å². The molecule has 0 aromatic heterocycles. The first-order chi connectivity index (χ1) is 6.98. The Morgan fingerprint density at radius 3 is 2.40 bits per heavy atom. The van der Waals surface area contributed by atoms with Gasteiger partial charge in [0.1, 0.15) is 0 Å². The summed E-state index contributed by atoms with van der Waals surface area (Å²) in [6.07, 6.45) is 2.46. The fourth-order valence-electron chi connectivity index (χ4n) is 1.13. The minimum absolute atomic E-state index is 0.0125.